The number of hydrogen-bond donors (Lipinski definition) is 2. The third-order valence-corrected chi connectivity index (χ3v) is 1.97. The summed E-state index contributed by atoms with van der Waals surface area (Å²) in [6.07, 6.45) is 0.652. The average Bonchev–Trinajstić information content (AvgIpc) is 2.17. The van der Waals surface area contributed by atoms with E-state index in [1.54, 1.807) is 19.1 Å². The Kier molecular flexibility index (Phi) is 4.06. The van der Waals surface area contributed by atoms with Crippen LogP contribution in [0, 0.1) is 0 Å². The number of carbonyl (C=O) groups excluding carboxylic acids is 1. The molecule has 0 saturated heterocycles. The van der Waals surface area contributed by atoms with Gasteiger partial charge < -0.3 is 10.8 Å². The first-order valence-corrected chi connectivity index (χ1v) is 4.79. The Morgan fingerprint density at radius 3 is 2.60 bits per heavy atom. The highest BCUT2D eigenvalue weighted by atomic mass is 16.3. The predicted molar refractivity (Wildman–Crippen MR) is 59.0 cm³/mol. The van der Waals surface area contributed by atoms with Crippen LogP contribution in [0.4, 0.5) is 0 Å². The molecule has 1 aromatic carbocycles. The predicted octanol–water partition coefficient (Wildman–Crippen LogP) is 1.54. The molecule has 0 aromatic heterocycles. The van der Waals surface area contributed by atoms with E-state index < -0.39 is 6.10 Å². The van der Waals surface area contributed by atoms with Crippen LogP contribution in [-0.4, -0.2) is 10.9 Å². The Bertz CT molecular complexity index is 353. The summed E-state index contributed by atoms with van der Waals surface area (Å²) in [5.41, 5.74) is 6.57. The number of ketones is 1. The lowest BCUT2D eigenvalue weighted by molar-refractivity contribution is -0.116. The molecule has 0 spiro atoms. The molecule has 0 fully saturated rings. The van der Waals surface area contributed by atoms with Crippen LogP contribution in [0.2, 0.25) is 0 Å². The summed E-state index contributed by atoms with van der Waals surface area (Å²) in [6, 6.07) is 9.09. The Morgan fingerprint density at radius 1 is 1.47 bits per heavy atom. The molecule has 0 radical (unpaired) electrons. The monoisotopic (exact) mass is 205 g/mol. The van der Waals surface area contributed by atoms with Crippen LogP contribution in [0.1, 0.15) is 25.0 Å². The number of aliphatic hydroxyl groups excluding tert-OH is 1. The first-order chi connectivity index (χ1) is 7.09. The maximum absolute atomic E-state index is 11.3. The lowest BCUT2D eigenvalue weighted by Crippen LogP contribution is -2.06. The van der Waals surface area contributed by atoms with Crippen molar-refractivity contribution in [3.05, 3.63) is 47.7 Å². The zero-order chi connectivity index (χ0) is 11.3. The minimum absolute atomic E-state index is 0.0680. The molecule has 3 nitrogen and oxygen atoms in total. The van der Waals surface area contributed by atoms with Gasteiger partial charge in [-0.3, -0.25) is 4.79 Å². The van der Waals surface area contributed by atoms with Gasteiger partial charge in [-0.05, 0) is 18.6 Å². The van der Waals surface area contributed by atoms with Crippen molar-refractivity contribution in [3.8, 4) is 0 Å². The largest absolute Gasteiger partial charge is 0.402 e. The van der Waals surface area contributed by atoms with Gasteiger partial charge in [-0.1, -0.05) is 30.3 Å². The van der Waals surface area contributed by atoms with Crippen molar-refractivity contribution >= 4 is 5.78 Å². The van der Waals surface area contributed by atoms with Gasteiger partial charge >= 0.3 is 0 Å². The molecule has 0 aliphatic carbocycles. The Labute approximate surface area is 89.2 Å². The lowest BCUT2D eigenvalue weighted by Gasteiger charge is -2.08. The van der Waals surface area contributed by atoms with Crippen LogP contribution < -0.4 is 5.73 Å². The van der Waals surface area contributed by atoms with Crippen LogP contribution in [-0.2, 0) is 4.79 Å². The van der Waals surface area contributed by atoms with Gasteiger partial charge in [0, 0.05) is 12.1 Å². The summed E-state index contributed by atoms with van der Waals surface area (Å²) in [5.74, 6) is -0.161. The van der Waals surface area contributed by atoms with Crippen molar-refractivity contribution in [3.63, 3.8) is 0 Å². The van der Waals surface area contributed by atoms with Gasteiger partial charge in [0.15, 0.2) is 5.78 Å². The third-order valence-electron chi connectivity index (χ3n) is 1.97. The van der Waals surface area contributed by atoms with Gasteiger partial charge in [-0.25, -0.2) is 0 Å². The van der Waals surface area contributed by atoms with Crippen molar-refractivity contribution in [2.75, 3.05) is 0 Å². The van der Waals surface area contributed by atoms with E-state index in [9.17, 15) is 9.90 Å². The summed E-state index contributed by atoms with van der Waals surface area (Å²) in [7, 11) is 0. The van der Waals surface area contributed by atoms with E-state index in [-0.39, 0.29) is 12.2 Å². The standard InChI is InChI=1S/C12H15NO2/c1-9(13)7-11(14)8-12(15)10-5-3-2-4-6-10/h2-7,12,15H,8,13H2,1H3. The van der Waals surface area contributed by atoms with Gasteiger partial charge in [-0.2, -0.15) is 0 Å². The number of rotatable bonds is 4. The van der Waals surface area contributed by atoms with Crippen molar-refractivity contribution in [2.24, 2.45) is 5.73 Å². The summed E-state index contributed by atoms with van der Waals surface area (Å²) in [6.45, 7) is 1.65. The van der Waals surface area contributed by atoms with Crippen molar-refractivity contribution in [1.29, 1.82) is 0 Å². The van der Waals surface area contributed by atoms with E-state index in [2.05, 4.69) is 0 Å². The summed E-state index contributed by atoms with van der Waals surface area (Å²) >= 11 is 0. The van der Waals surface area contributed by atoms with Crippen LogP contribution in [0.25, 0.3) is 0 Å². The Balaban J connectivity index is 2.61. The van der Waals surface area contributed by atoms with Gasteiger partial charge in [0.1, 0.15) is 0 Å². The molecule has 0 bridgehead atoms. The molecule has 3 N–H and O–H groups in total. The van der Waals surface area contributed by atoms with Crippen molar-refractivity contribution in [1.82, 2.24) is 0 Å². The van der Waals surface area contributed by atoms with Crippen LogP contribution >= 0.6 is 0 Å². The SMILES string of the molecule is CC(N)=CC(=O)CC(O)c1ccccc1. The first kappa shape index (κ1) is 11.5. The highest BCUT2D eigenvalue weighted by molar-refractivity contribution is 5.90. The number of benzene rings is 1. The van der Waals surface area contributed by atoms with Crippen LogP contribution in [0.5, 0.6) is 0 Å². The topological polar surface area (TPSA) is 63.3 Å². The zero-order valence-corrected chi connectivity index (χ0v) is 8.68. The van der Waals surface area contributed by atoms with E-state index in [0.29, 0.717) is 5.70 Å². The molecule has 0 aliphatic rings. The molecule has 1 atom stereocenters. The van der Waals surface area contributed by atoms with Crippen molar-refractivity contribution in [2.45, 2.75) is 19.4 Å². The molecule has 1 rings (SSSR count). The maximum atomic E-state index is 11.3. The fourth-order valence-electron chi connectivity index (χ4n) is 1.30. The molecular formula is C12H15NO2. The second kappa shape index (κ2) is 5.32. The van der Waals surface area contributed by atoms with Crippen molar-refractivity contribution < 1.29 is 9.90 Å². The quantitative estimate of drug-likeness (QED) is 0.733. The lowest BCUT2D eigenvalue weighted by atomic mass is 10.0. The number of allylic oxidation sites excluding steroid dienone is 2. The molecule has 3 heteroatoms. The molecule has 1 unspecified atom stereocenters. The number of hydrogen-bond acceptors (Lipinski definition) is 3. The highest BCUT2D eigenvalue weighted by Crippen LogP contribution is 2.16. The zero-order valence-electron chi connectivity index (χ0n) is 8.68. The van der Waals surface area contributed by atoms with E-state index in [0.717, 1.165) is 5.56 Å². The molecule has 0 heterocycles. The normalized spacial score (nSPS) is 13.6. The molecule has 80 valence electrons. The molecule has 0 amide bonds. The second-order valence-corrected chi connectivity index (χ2v) is 3.49. The minimum Gasteiger partial charge on any atom is -0.402 e. The molecule has 0 aliphatic heterocycles. The van der Waals surface area contributed by atoms with Gasteiger partial charge in [0.25, 0.3) is 0 Å². The Hall–Kier alpha value is -1.61. The second-order valence-electron chi connectivity index (χ2n) is 3.49. The number of carbonyl (C=O) groups is 1. The van der Waals surface area contributed by atoms with Gasteiger partial charge in [-0.15, -0.1) is 0 Å². The smallest absolute Gasteiger partial charge is 0.160 e. The van der Waals surface area contributed by atoms with E-state index in [1.165, 1.54) is 6.08 Å². The summed E-state index contributed by atoms with van der Waals surface area (Å²) in [5, 5.41) is 9.71. The summed E-state index contributed by atoms with van der Waals surface area (Å²) in [4.78, 5) is 11.3. The van der Waals surface area contributed by atoms with E-state index in [1.807, 2.05) is 18.2 Å². The van der Waals surface area contributed by atoms with Crippen LogP contribution in [0.3, 0.4) is 0 Å². The number of aliphatic hydroxyl groups is 1. The highest BCUT2D eigenvalue weighted by Gasteiger charge is 2.10. The van der Waals surface area contributed by atoms with E-state index >= 15 is 0 Å². The molecule has 15 heavy (non-hydrogen) atoms. The van der Waals surface area contributed by atoms with Gasteiger partial charge in [0.2, 0.25) is 0 Å². The first-order valence-electron chi connectivity index (χ1n) is 4.79. The number of nitrogens with two attached hydrogens (primary N) is 1. The Morgan fingerprint density at radius 2 is 2.07 bits per heavy atom. The average molecular weight is 205 g/mol. The molecule has 1 aromatic rings. The fourth-order valence-corrected chi connectivity index (χ4v) is 1.30. The van der Waals surface area contributed by atoms with E-state index in [4.69, 9.17) is 5.73 Å². The summed E-state index contributed by atoms with van der Waals surface area (Å²) < 4.78 is 0. The third kappa shape index (κ3) is 3.95. The fraction of sp³-hybridized carbons (Fsp3) is 0.250. The molecular weight excluding hydrogens is 190 g/mol. The minimum atomic E-state index is -0.755. The van der Waals surface area contributed by atoms with Crippen LogP contribution in [0.15, 0.2) is 42.1 Å². The molecule has 0 saturated carbocycles. The maximum Gasteiger partial charge on any atom is 0.160 e. The van der Waals surface area contributed by atoms with Gasteiger partial charge in [0.05, 0.1) is 6.10 Å².